The molecule has 2 N–H and O–H groups in total. The number of carbonyl (C=O) groups is 1. The van der Waals surface area contributed by atoms with Gasteiger partial charge in [-0.1, -0.05) is 0 Å². The molecule has 76 valence electrons. The van der Waals surface area contributed by atoms with Gasteiger partial charge in [0.05, 0.1) is 6.10 Å². The minimum atomic E-state index is -1.00. The molecule has 2 heterocycles. The van der Waals surface area contributed by atoms with E-state index in [2.05, 4.69) is 10.2 Å². The molecule has 0 radical (unpaired) electrons. The molecule has 1 aliphatic rings. The smallest absolute Gasteiger partial charge is 0.356 e. The number of nitrogens with one attached hydrogen (secondary N) is 1. The first-order chi connectivity index (χ1) is 6.68. The van der Waals surface area contributed by atoms with Gasteiger partial charge in [0.15, 0.2) is 5.69 Å². The highest BCUT2D eigenvalue weighted by Crippen LogP contribution is 2.29. The second-order valence-corrected chi connectivity index (χ2v) is 3.48. The summed E-state index contributed by atoms with van der Waals surface area (Å²) < 4.78 is 5.39. The lowest BCUT2D eigenvalue weighted by molar-refractivity contribution is 0.0690. The number of aromatic nitrogens is 2. The van der Waals surface area contributed by atoms with E-state index in [1.54, 1.807) is 6.07 Å². The molecule has 1 fully saturated rings. The van der Waals surface area contributed by atoms with Gasteiger partial charge in [-0.05, 0) is 19.4 Å². The van der Waals surface area contributed by atoms with E-state index in [0.717, 1.165) is 18.7 Å². The maximum Gasteiger partial charge on any atom is 0.356 e. The van der Waals surface area contributed by atoms with E-state index in [-0.39, 0.29) is 17.7 Å². The van der Waals surface area contributed by atoms with Gasteiger partial charge in [0.1, 0.15) is 0 Å². The first-order valence-electron chi connectivity index (χ1n) is 4.58. The number of rotatable bonds is 2. The first kappa shape index (κ1) is 9.21. The molecule has 0 aromatic carbocycles. The number of nitrogens with zero attached hydrogens (tertiary/aromatic N) is 1. The summed E-state index contributed by atoms with van der Waals surface area (Å²) in [6.45, 7) is 2.71. The van der Waals surface area contributed by atoms with Crippen LogP contribution in [0.4, 0.5) is 0 Å². The van der Waals surface area contributed by atoms with Gasteiger partial charge in [-0.15, -0.1) is 0 Å². The van der Waals surface area contributed by atoms with Gasteiger partial charge in [0.25, 0.3) is 0 Å². The van der Waals surface area contributed by atoms with E-state index in [1.165, 1.54) is 0 Å². The zero-order valence-electron chi connectivity index (χ0n) is 7.86. The Kier molecular flexibility index (Phi) is 2.25. The molecule has 14 heavy (non-hydrogen) atoms. The van der Waals surface area contributed by atoms with E-state index in [1.807, 2.05) is 6.92 Å². The molecular formula is C9H12N2O3. The monoisotopic (exact) mass is 196 g/mol. The molecule has 2 rings (SSSR count). The highest BCUT2D eigenvalue weighted by molar-refractivity contribution is 5.85. The molecule has 0 aliphatic carbocycles. The van der Waals surface area contributed by atoms with Gasteiger partial charge in [0.2, 0.25) is 0 Å². The number of ether oxygens (including phenoxy) is 1. The van der Waals surface area contributed by atoms with Crippen molar-refractivity contribution >= 4 is 5.97 Å². The lowest BCUT2D eigenvalue weighted by Gasteiger charge is -2.10. The number of H-pyrrole nitrogens is 1. The van der Waals surface area contributed by atoms with Crippen LogP contribution in [0.5, 0.6) is 0 Å². The molecule has 0 amide bonds. The predicted molar refractivity (Wildman–Crippen MR) is 48.3 cm³/mol. The summed E-state index contributed by atoms with van der Waals surface area (Å²) >= 11 is 0. The van der Waals surface area contributed by atoms with Crippen LogP contribution in [-0.2, 0) is 4.74 Å². The molecule has 0 spiro atoms. The molecule has 5 heteroatoms. The molecule has 1 aliphatic heterocycles. The largest absolute Gasteiger partial charge is 0.476 e. The molecule has 0 saturated carbocycles. The third-order valence-electron chi connectivity index (χ3n) is 2.59. The zero-order chi connectivity index (χ0) is 10.1. The Morgan fingerprint density at radius 3 is 3.07 bits per heavy atom. The Morgan fingerprint density at radius 1 is 1.79 bits per heavy atom. The van der Waals surface area contributed by atoms with Crippen molar-refractivity contribution < 1.29 is 14.6 Å². The van der Waals surface area contributed by atoms with Crippen molar-refractivity contribution in [2.45, 2.75) is 25.4 Å². The van der Waals surface area contributed by atoms with Crippen molar-refractivity contribution in [3.8, 4) is 0 Å². The molecule has 5 nitrogen and oxygen atoms in total. The molecule has 0 bridgehead atoms. The van der Waals surface area contributed by atoms with Crippen molar-refractivity contribution in [2.24, 2.45) is 0 Å². The molecule has 1 aromatic heterocycles. The Balaban J connectivity index is 2.20. The van der Waals surface area contributed by atoms with Crippen LogP contribution < -0.4 is 0 Å². The van der Waals surface area contributed by atoms with Gasteiger partial charge in [0, 0.05) is 18.2 Å². The minimum absolute atomic E-state index is 0.0686. The SMILES string of the molecule is CC1OCCC1c1cc(C(=O)O)n[nH]1. The van der Waals surface area contributed by atoms with Crippen LogP contribution in [-0.4, -0.2) is 34.0 Å². The fourth-order valence-corrected chi connectivity index (χ4v) is 1.78. The number of carboxylic acid groups (broad SMARTS) is 1. The van der Waals surface area contributed by atoms with E-state index in [4.69, 9.17) is 9.84 Å². The normalized spacial score (nSPS) is 26.6. The van der Waals surface area contributed by atoms with Gasteiger partial charge in [-0.3, -0.25) is 5.10 Å². The maximum absolute atomic E-state index is 10.6. The van der Waals surface area contributed by atoms with Crippen LogP contribution in [0.2, 0.25) is 0 Å². The lowest BCUT2D eigenvalue weighted by Crippen LogP contribution is -2.09. The summed E-state index contributed by atoms with van der Waals surface area (Å²) in [4.78, 5) is 10.6. The van der Waals surface area contributed by atoms with Crippen LogP contribution in [0.25, 0.3) is 0 Å². The number of hydrogen-bond donors (Lipinski definition) is 2. The summed E-state index contributed by atoms with van der Waals surface area (Å²) in [6.07, 6.45) is 1.06. The summed E-state index contributed by atoms with van der Waals surface area (Å²) in [5.41, 5.74) is 0.923. The van der Waals surface area contributed by atoms with Crippen LogP contribution in [0.3, 0.4) is 0 Å². The van der Waals surface area contributed by atoms with Crippen molar-refractivity contribution in [3.63, 3.8) is 0 Å². The highest BCUT2D eigenvalue weighted by atomic mass is 16.5. The van der Waals surface area contributed by atoms with Crippen LogP contribution in [0, 0.1) is 0 Å². The van der Waals surface area contributed by atoms with Crippen LogP contribution >= 0.6 is 0 Å². The third-order valence-corrected chi connectivity index (χ3v) is 2.59. The van der Waals surface area contributed by atoms with Gasteiger partial charge >= 0.3 is 5.97 Å². The van der Waals surface area contributed by atoms with Gasteiger partial charge in [-0.2, -0.15) is 5.10 Å². The van der Waals surface area contributed by atoms with E-state index in [9.17, 15) is 4.79 Å². The fourth-order valence-electron chi connectivity index (χ4n) is 1.78. The Morgan fingerprint density at radius 2 is 2.57 bits per heavy atom. The van der Waals surface area contributed by atoms with E-state index in [0.29, 0.717) is 0 Å². The van der Waals surface area contributed by atoms with Crippen molar-refractivity contribution in [3.05, 3.63) is 17.5 Å². The number of hydrogen-bond acceptors (Lipinski definition) is 3. The topological polar surface area (TPSA) is 75.2 Å². The zero-order valence-corrected chi connectivity index (χ0v) is 7.86. The third kappa shape index (κ3) is 1.50. The molecular weight excluding hydrogens is 184 g/mol. The Bertz CT molecular complexity index is 348. The second-order valence-electron chi connectivity index (χ2n) is 3.48. The first-order valence-corrected chi connectivity index (χ1v) is 4.58. The van der Waals surface area contributed by atoms with Crippen LogP contribution in [0.1, 0.15) is 35.4 Å². The number of carboxylic acids is 1. The summed E-state index contributed by atoms with van der Waals surface area (Å²) in [7, 11) is 0. The van der Waals surface area contributed by atoms with Crippen molar-refractivity contribution in [2.75, 3.05) is 6.61 Å². The summed E-state index contributed by atoms with van der Waals surface area (Å²) in [5, 5.41) is 15.2. The molecule has 2 atom stereocenters. The average Bonchev–Trinajstić information content (AvgIpc) is 2.71. The number of aromatic carboxylic acids is 1. The predicted octanol–water partition coefficient (Wildman–Crippen LogP) is 1.00. The van der Waals surface area contributed by atoms with E-state index >= 15 is 0 Å². The van der Waals surface area contributed by atoms with Crippen molar-refractivity contribution in [1.29, 1.82) is 0 Å². The molecule has 1 saturated heterocycles. The van der Waals surface area contributed by atoms with Crippen LogP contribution in [0.15, 0.2) is 6.07 Å². The fraction of sp³-hybridized carbons (Fsp3) is 0.556. The Hall–Kier alpha value is -1.36. The maximum atomic E-state index is 10.6. The van der Waals surface area contributed by atoms with Gasteiger partial charge in [-0.25, -0.2) is 4.79 Å². The minimum Gasteiger partial charge on any atom is -0.476 e. The summed E-state index contributed by atoms with van der Waals surface area (Å²) in [5.74, 6) is -0.755. The standard InChI is InChI=1S/C9H12N2O3/c1-5-6(2-3-14-5)7-4-8(9(12)13)11-10-7/h4-6H,2-3H2,1H3,(H,10,11)(H,12,13). The second kappa shape index (κ2) is 3.42. The average molecular weight is 196 g/mol. The summed E-state index contributed by atoms with van der Waals surface area (Å²) in [6, 6.07) is 1.58. The highest BCUT2D eigenvalue weighted by Gasteiger charge is 2.27. The Labute approximate surface area is 81.1 Å². The van der Waals surface area contributed by atoms with Crippen molar-refractivity contribution in [1.82, 2.24) is 10.2 Å². The van der Waals surface area contributed by atoms with E-state index < -0.39 is 5.97 Å². The van der Waals surface area contributed by atoms with Gasteiger partial charge < -0.3 is 9.84 Å². The molecule has 1 aromatic rings. The quantitative estimate of drug-likeness (QED) is 0.739. The lowest BCUT2D eigenvalue weighted by atomic mass is 9.99. The molecule has 2 unspecified atom stereocenters. The number of aromatic amines is 1.